The quantitative estimate of drug-likeness (QED) is 0.611. The van der Waals surface area contributed by atoms with Crippen molar-refractivity contribution in [2.45, 2.75) is 45.9 Å². The SMILES string of the molecule is CC(C)N1Cc2nc(-c3ccc(NC(=O)NCCO)cc3F)nc(N3CCOCC3C)c2C1. The van der Waals surface area contributed by atoms with E-state index in [0.717, 1.165) is 30.2 Å². The summed E-state index contributed by atoms with van der Waals surface area (Å²) >= 11 is 0. The third kappa shape index (κ3) is 5.07. The number of aliphatic hydroxyl groups is 1. The number of aliphatic hydroxyl groups excluding tert-OH is 1. The molecule has 0 aliphatic carbocycles. The lowest BCUT2D eigenvalue weighted by Crippen LogP contribution is -2.44. The van der Waals surface area contributed by atoms with Crippen molar-refractivity contribution in [3.8, 4) is 11.4 Å². The number of carbonyl (C=O) groups is 1. The van der Waals surface area contributed by atoms with Crippen LogP contribution in [0.1, 0.15) is 32.0 Å². The first-order chi connectivity index (χ1) is 15.9. The molecule has 1 fully saturated rings. The Morgan fingerprint density at radius 2 is 2.15 bits per heavy atom. The number of ether oxygens (including phenoxy) is 1. The van der Waals surface area contributed by atoms with Crippen LogP contribution in [-0.2, 0) is 17.8 Å². The molecule has 178 valence electrons. The van der Waals surface area contributed by atoms with Gasteiger partial charge in [0.1, 0.15) is 11.6 Å². The van der Waals surface area contributed by atoms with E-state index in [1.165, 1.54) is 6.07 Å². The molecular formula is C23H31FN6O3. The summed E-state index contributed by atoms with van der Waals surface area (Å²) in [7, 11) is 0. The molecule has 2 amide bonds. The fourth-order valence-corrected chi connectivity index (χ4v) is 4.15. The van der Waals surface area contributed by atoms with Gasteiger partial charge in [-0.2, -0.15) is 0 Å². The Kier molecular flexibility index (Phi) is 7.06. The number of halogens is 1. The molecule has 1 aromatic heterocycles. The van der Waals surface area contributed by atoms with Crippen LogP contribution in [0.2, 0.25) is 0 Å². The molecule has 10 heteroatoms. The van der Waals surface area contributed by atoms with Gasteiger partial charge in [-0.15, -0.1) is 0 Å². The highest BCUT2D eigenvalue weighted by Crippen LogP contribution is 2.35. The number of rotatable bonds is 6. The highest BCUT2D eigenvalue weighted by atomic mass is 19.1. The van der Waals surface area contributed by atoms with E-state index in [1.54, 1.807) is 12.1 Å². The number of carbonyl (C=O) groups excluding carboxylic acids is 1. The van der Waals surface area contributed by atoms with Crippen molar-refractivity contribution in [2.75, 3.05) is 43.1 Å². The highest BCUT2D eigenvalue weighted by Gasteiger charge is 2.32. The lowest BCUT2D eigenvalue weighted by Gasteiger charge is -2.35. The molecule has 2 aromatic rings. The van der Waals surface area contributed by atoms with Gasteiger partial charge in [0.05, 0.1) is 37.1 Å². The fraction of sp³-hybridized carbons (Fsp3) is 0.522. The summed E-state index contributed by atoms with van der Waals surface area (Å²) in [4.78, 5) is 25.9. The Labute approximate surface area is 193 Å². The number of aromatic nitrogens is 2. The zero-order valence-corrected chi connectivity index (χ0v) is 19.3. The van der Waals surface area contributed by atoms with Crippen LogP contribution in [0.5, 0.6) is 0 Å². The van der Waals surface area contributed by atoms with Crippen molar-refractivity contribution in [3.05, 3.63) is 35.3 Å². The number of hydrogen-bond donors (Lipinski definition) is 3. The molecule has 0 saturated carbocycles. The standard InChI is InChI=1S/C23H31FN6O3/c1-14(2)29-11-18-20(12-29)27-21(28-22(18)30-7-9-33-13-15(30)3)17-5-4-16(10-19(17)24)26-23(32)25-6-8-31/h4-5,10,14-15,31H,6-9,11-13H2,1-3H3,(H2,25,26,32). The molecule has 3 N–H and O–H groups in total. The average molecular weight is 459 g/mol. The number of nitrogens with one attached hydrogen (secondary N) is 2. The summed E-state index contributed by atoms with van der Waals surface area (Å²) in [5, 5.41) is 13.8. The van der Waals surface area contributed by atoms with Crippen LogP contribution in [0.15, 0.2) is 18.2 Å². The predicted molar refractivity (Wildman–Crippen MR) is 124 cm³/mol. The zero-order chi connectivity index (χ0) is 23.5. The maximum absolute atomic E-state index is 15.1. The minimum atomic E-state index is -0.519. The highest BCUT2D eigenvalue weighted by molar-refractivity contribution is 5.89. The minimum Gasteiger partial charge on any atom is -0.395 e. The average Bonchev–Trinajstić information content (AvgIpc) is 3.22. The number of amides is 2. The van der Waals surface area contributed by atoms with Crippen molar-refractivity contribution >= 4 is 17.5 Å². The number of anilines is 2. The van der Waals surface area contributed by atoms with Gasteiger partial charge in [-0.3, -0.25) is 4.90 Å². The third-order valence-corrected chi connectivity index (χ3v) is 6.02. The lowest BCUT2D eigenvalue weighted by atomic mass is 10.1. The smallest absolute Gasteiger partial charge is 0.319 e. The minimum absolute atomic E-state index is 0.117. The molecule has 0 spiro atoms. The number of fused-ring (bicyclic) bond motifs is 1. The number of nitrogens with zero attached hydrogens (tertiary/aromatic N) is 4. The third-order valence-electron chi connectivity index (χ3n) is 6.02. The molecule has 2 aliphatic heterocycles. The summed E-state index contributed by atoms with van der Waals surface area (Å²) in [5.41, 5.74) is 2.61. The summed E-state index contributed by atoms with van der Waals surface area (Å²) in [6.45, 7) is 9.78. The van der Waals surface area contributed by atoms with Crippen molar-refractivity contribution < 1.29 is 19.0 Å². The van der Waals surface area contributed by atoms with Crippen molar-refractivity contribution in [1.82, 2.24) is 20.2 Å². The van der Waals surface area contributed by atoms with E-state index < -0.39 is 11.8 Å². The molecule has 2 aliphatic rings. The van der Waals surface area contributed by atoms with Crippen molar-refractivity contribution in [3.63, 3.8) is 0 Å². The van der Waals surface area contributed by atoms with E-state index in [0.29, 0.717) is 37.3 Å². The summed E-state index contributed by atoms with van der Waals surface area (Å²) in [5.74, 6) is 0.662. The van der Waals surface area contributed by atoms with Gasteiger partial charge >= 0.3 is 6.03 Å². The first kappa shape index (κ1) is 23.3. The van der Waals surface area contributed by atoms with Crippen LogP contribution in [0.4, 0.5) is 20.7 Å². The molecule has 4 rings (SSSR count). The van der Waals surface area contributed by atoms with E-state index in [9.17, 15) is 4.79 Å². The maximum atomic E-state index is 15.1. The molecule has 33 heavy (non-hydrogen) atoms. The van der Waals surface area contributed by atoms with Crippen molar-refractivity contribution in [1.29, 1.82) is 0 Å². The van der Waals surface area contributed by atoms with Gasteiger partial charge in [0.15, 0.2) is 5.82 Å². The second kappa shape index (κ2) is 9.98. The molecular weight excluding hydrogens is 427 g/mol. The van der Waals surface area contributed by atoms with Crippen LogP contribution in [0.3, 0.4) is 0 Å². The van der Waals surface area contributed by atoms with Gasteiger partial charge in [-0.1, -0.05) is 0 Å². The monoisotopic (exact) mass is 458 g/mol. The van der Waals surface area contributed by atoms with E-state index in [2.05, 4.69) is 41.2 Å². The van der Waals surface area contributed by atoms with Gasteiger partial charge in [-0.05, 0) is 39.0 Å². The molecule has 9 nitrogen and oxygen atoms in total. The summed E-state index contributed by atoms with van der Waals surface area (Å²) in [6, 6.07) is 4.46. The van der Waals surface area contributed by atoms with Gasteiger partial charge < -0.3 is 25.4 Å². The molecule has 0 radical (unpaired) electrons. The summed E-state index contributed by atoms with van der Waals surface area (Å²) in [6.07, 6.45) is 0. The zero-order valence-electron chi connectivity index (χ0n) is 19.3. The molecule has 1 atom stereocenters. The Hall–Kier alpha value is -2.82. The van der Waals surface area contributed by atoms with Crippen molar-refractivity contribution in [2.24, 2.45) is 0 Å². The number of hydrogen-bond acceptors (Lipinski definition) is 7. The van der Waals surface area contributed by atoms with Gasteiger partial charge in [-0.25, -0.2) is 19.2 Å². The first-order valence-electron chi connectivity index (χ1n) is 11.3. The van der Waals surface area contributed by atoms with Gasteiger partial charge in [0, 0.05) is 43.5 Å². The van der Waals surface area contributed by atoms with E-state index in [4.69, 9.17) is 19.8 Å². The largest absolute Gasteiger partial charge is 0.395 e. The van der Waals surface area contributed by atoms with Crippen LogP contribution in [-0.4, -0.2) is 71.0 Å². The normalized spacial score (nSPS) is 18.5. The lowest BCUT2D eigenvalue weighted by molar-refractivity contribution is 0.0984. The molecule has 3 heterocycles. The van der Waals surface area contributed by atoms with Crippen LogP contribution >= 0.6 is 0 Å². The van der Waals surface area contributed by atoms with Crippen LogP contribution in [0.25, 0.3) is 11.4 Å². The van der Waals surface area contributed by atoms with E-state index in [1.807, 2.05) is 0 Å². The first-order valence-corrected chi connectivity index (χ1v) is 11.3. The van der Waals surface area contributed by atoms with E-state index in [-0.39, 0.29) is 24.8 Å². The predicted octanol–water partition coefficient (Wildman–Crippen LogP) is 2.35. The van der Waals surface area contributed by atoms with Crippen LogP contribution < -0.4 is 15.5 Å². The summed E-state index contributed by atoms with van der Waals surface area (Å²) < 4.78 is 20.7. The van der Waals surface area contributed by atoms with Gasteiger partial charge in [0.25, 0.3) is 0 Å². The fourth-order valence-electron chi connectivity index (χ4n) is 4.15. The number of morpholine rings is 1. The van der Waals surface area contributed by atoms with Gasteiger partial charge in [0.2, 0.25) is 0 Å². The van der Waals surface area contributed by atoms with Crippen LogP contribution in [0, 0.1) is 5.82 Å². The maximum Gasteiger partial charge on any atom is 0.319 e. The second-order valence-electron chi connectivity index (χ2n) is 8.71. The molecule has 1 aromatic carbocycles. The Morgan fingerprint density at radius 3 is 2.85 bits per heavy atom. The number of urea groups is 1. The van der Waals surface area contributed by atoms with E-state index >= 15 is 4.39 Å². The topological polar surface area (TPSA) is 103 Å². The Bertz CT molecular complexity index is 1020. The number of benzene rings is 1. The molecule has 0 bridgehead atoms. The Balaban J connectivity index is 1.68. The second-order valence-corrected chi connectivity index (χ2v) is 8.71. The molecule has 1 saturated heterocycles. The Morgan fingerprint density at radius 1 is 1.33 bits per heavy atom. The molecule has 1 unspecified atom stereocenters.